The SMILES string of the molecule is C[N+](C)(C)CCOP(=O)(O)c1ccc([N+](=O)[O-])cc1. The second kappa shape index (κ2) is 5.79. The molecule has 106 valence electrons. The first-order valence-electron chi connectivity index (χ1n) is 5.65. The van der Waals surface area contributed by atoms with Crippen molar-refractivity contribution in [1.29, 1.82) is 0 Å². The van der Waals surface area contributed by atoms with E-state index in [4.69, 9.17) is 4.52 Å². The summed E-state index contributed by atoms with van der Waals surface area (Å²) in [6.45, 7) is 0.714. The van der Waals surface area contributed by atoms with E-state index in [1.807, 2.05) is 21.1 Å². The molecule has 0 heterocycles. The zero-order valence-corrected chi connectivity index (χ0v) is 12.0. The Morgan fingerprint density at radius 2 is 1.84 bits per heavy atom. The molecule has 0 spiro atoms. The van der Waals surface area contributed by atoms with Gasteiger partial charge in [0.25, 0.3) is 5.69 Å². The van der Waals surface area contributed by atoms with Crippen molar-refractivity contribution in [1.82, 2.24) is 0 Å². The number of likely N-dealkylation sites (N-methyl/N-ethyl adjacent to an activating group) is 1. The van der Waals surface area contributed by atoms with E-state index in [0.717, 1.165) is 0 Å². The van der Waals surface area contributed by atoms with Crippen LogP contribution in [-0.4, -0.2) is 48.6 Å². The van der Waals surface area contributed by atoms with E-state index in [1.54, 1.807) is 0 Å². The van der Waals surface area contributed by atoms with Crippen molar-refractivity contribution in [2.45, 2.75) is 0 Å². The van der Waals surface area contributed by atoms with Gasteiger partial charge in [0.2, 0.25) is 0 Å². The van der Waals surface area contributed by atoms with E-state index in [-0.39, 0.29) is 17.6 Å². The molecule has 19 heavy (non-hydrogen) atoms. The second-order valence-electron chi connectivity index (χ2n) is 5.14. The fourth-order valence-corrected chi connectivity index (χ4v) is 2.28. The van der Waals surface area contributed by atoms with Gasteiger partial charge in [-0.2, -0.15) is 0 Å². The summed E-state index contributed by atoms with van der Waals surface area (Å²) in [5.74, 6) is 0. The number of nitro groups is 1. The van der Waals surface area contributed by atoms with E-state index in [2.05, 4.69) is 0 Å². The lowest BCUT2D eigenvalue weighted by atomic mass is 10.3. The summed E-state index contributed by atoms with van der Waals surface area (Å²) < 4.78 is 17.6. The van der Waals surface area contributed by atoms with Crippen molar-refractivity contribution < 1.29 is 23.4 Å². The van der Waals surface area contributed by atoms with Crippen molar-refractivity contribution in [3.8, 4) is 0 Å². The highest BCUT2D eigenvalue weighted by molar-refractivity contribution is 7.61. The van der Waals surface area contributed by atoms with Gasteiger partial charge in [-0.1, -0.05) is 0 Å². The Bertz CT molecular complexity index is 495. The van der Waals surface area contributed by atoms with Crippen molar-refractivity contribution in [2.24, 2.45) is 0 Å². The summed E-state index contributed by atoms with van der Waals surface area (Å²) in [6, 6.07) is 4.85. The maximum atomic E-state index is 11.9. The van der Waals surface area contributed by atoms with Crippen LogP contribution in [0.25, 0.3) is 0 Å². The van der Waals surface area contributed by atoms with Crippen LogP contribution in [0.15, 0.2) is 24.3 Å². The molecule has 0 saturated heterocycles. The largest absolute Gasteiger partial charge is 0.358 e. The van der Waals surface area contributed by atoms with Gasteiger partial charge >= 0.3 is 7.60 Å². The molecule has 1 rings (SSSR count). The van der Waals surface area contributed by atoms with Crippen LogP contribution in [0.1, 0.15) is 0 Å². The molecule has 1 unspecified atom stereocenters. The van der Waals surface area contributed by atoms with E-state index in [0.29, 0.717) is 11.0 Å². The van der Waals surface area contributed by atoms with Gasteiger partial charge in [0, 0.05) is 12.1 Å². The molecular formula is C11H18N2O5P+. The number of quaternary nitrogens is 1. The molecule has 1 atom stereocenters. The van der Waals surface area contributed by atoms with Crippen LogP contribution in [0.2, 0.25) is 0 Å². The van der Waals surface area contributed by atoms with Crippen molar-refractivity contribution in [3.63, 3.8) is 0 Å². The Morgan fingerprint density at radius 3 is 2.26 bits per heavy atom. The van der Waals surface area contributed by atoms with E-state index in [9.17, 15) is 19.6 Å². The van der Waals surface area contributed by atoms with Gasteiger partial charge in [0.1, 0.15) is 13.2 Å². The number of nitro benzene ring substituents is 1. The zero-order chi connectivity index (χ0) is 14.7. The number of benzene rings is 1. The summed E-state index contributed by atoms with van der Waals surface area (Å²) in [5, 5.41) is 10.5. The molecule has 0 aliphatic carbocycles. The molecule has 0 aliphatic heterocycles. The van der Waals surface area contributed by atoms with Crippen LogP contribution in [0, 0.1) is 10.1 Å². The maximum Gasteiger partial charge on any atom is 0.358 e. The highest BCUT2D eigenvalue weighted by atomic mass is 31.2. The van der Waals surface area contributed by atoms with E-state index < -0.39 is 12.5 Å². The van der Waals surface area contributed by atoms with Gasteiger partial charge in [0.05, 0.1) is 31.4 Å². The monoisotopic (exact) mass is 289 g/mol. The lowest BCUT2D eigenvalue weighted by molar-refractivity contribution is -0.870. The minimum atomic E-state index is -3.91. The van der Waals surface area contributed by atoms with Gasteiger partial charge in [-0.05, 0) is 12.1 Å². The molecule has 1 aromatic carbocycles. The molecule has 0 saturated carbocycles. The van der Waals surface area contributed by atoms with Crippen LogP contribution < -0.4 is 5.30 Å². The Hall–Kier alpha value is -1.27. The minimum absolute atomic E-state index is 0.0551. The maximum absolute atomic E-state index is 11.9. The van der Waals surface area contributed by atoms with Crippen molar-refractivity contribution >= 4 is 18.6 Å². The molecule has 1 aromatic rings. The van der Waals surface area contributed by atoms with Crippen LogP contribution >= 0.6 is 7.60 Å². The number of hydrogen-bond donors (Lipinski definition) is 1. The van der Waals surface area contributed by atoms with Crippen LogP contribution in [0.5, 0.6) is 0 Å². The summed E-state index contributed by atoms with van der Waals surface area (Å²) >= 11 is 0. The third-order valence-corrected chi connectivity index (χ3v) is 3.90. The molecular weight excluding hydrogens is 271 g/mol. The molecule has 0 aliphatic rings. The number of hydrogen-bond acceptors (Lipinski definition) is 4. The van der Waals surface area contributed by atoms with Crippen LogP contribution in [0.4, 0.5) is 5.69 Å². The minimum Gasteiger partial charge on any atom is -0.329 e. The molecule has 0 fully saturated rings. The molecule has 1 N–H and O–H groups in total. The number of rotatable bonds is 6. The lowest BCUT2D eigenvalue weighted by Crippen LogP contribution is -2.37. The van der Waals surface area contributed by atoms with Crippen molar-refractivity contribution in [2.75, 3.05) is 34.3 Å². The number of non-ortho nitro benzene ring substituents is 1. The molecule has 0 amide bonds. The first-order chi connectivity index (χ1) is 8.62. The molecule has 8 heteroatoms. The van der Waals surface area contributed by atoms with Gasteiger partial charge < -0.3 is 9.38 Å². The van der Waals surface area contributed by atoms with Gasteiger partial charge in [-0.3, -0.25) is 19.2 Å². The zero-order valence-electron chi connectivity index (χ0n) is 11.1. The number of nitrogens with zero attached hydrogens (tertiary/aromatic N) is 2. The Morgan fingerprint density at radius 1 is 1.32 bits per heavy atom. The smallest absolute Gasteiger partial charge is 0.329 e. The summed E-state index contributed by atoms with van der Waals surface area (Å²) in [5.41, 5.74) is -0.130. The van der Waals surface area contributed by atoms with Gasteiger partial charge in [0.15, 0.2) is 0 Å². The second-order valence-corrected chi connectivity index (χ2v) is 6.96. The average Bonchev–Trinajstić information content (AvgIpc) is 2.27. The average molecular weight is 289 g/mol. The Balaban J connectivity index is 2.72. The molecule has 0 radical (unpaired) electrons. The normalized spacial score (nSPS) is 14.9. The van der Waals surface area contributed by atoms with E-state index in [1.165, 1.54) is 24.3 Å². The molecule has 7 nitrogen and oxygen atoms in total. The standard InChI is InChI=1S/C11H17N2O5P/c1-13(2,3)8-9-18-19(16,17)11-6-4-10(5-7-11)12(14)15/h4-7H,8-9H2,1-3H3/p+1. The van der Waals surface area contributed by atoms with Gasteiger partial charge in [-0.25, -0.2) is 0 Å². The topological polar surface area (TPSA) is 89.7 Å². The third-order valence-electron chi connectivity index (χ3n) is 2.42. The lowest BCUT2D eigenvalue weighted by Gasteiger charge is -2.24. The Kier molecular flexibility index (Phi) is 4.81. The summed E-state index contributed by atoms with van der Waals surface area (Å²) in [4.78, 5) is 19.7. The first kappa shape index (κ1) is 15.8. The predicted molar refractivity (Wildman–Crippen MR) is 71.4 cm³/mol. The predicted octanol–water partition coefficient (Wildman–Crippen LogP) is 1.13. The highest BCUT2D eigenvalue weighted by Crippen LogP contribution is 2.40. The summed E-state index contributed by atoms with van der Waals surface area (Å²) in [6.07, 6.45) is 0. The van der Waals surface area contributed by atoms with Crippen molar-refractivity contribution in [3.05, 3.63) is 34.4 Å². The fraction of sp³-hybridized carbons (Fsp3) is 0.455. The summed E-state index contributed by atoms with van der Waals surface area (Å²) in [7, 11) is 1.91. The first-order valence-corrected chi connectivity index (χ1v) is 7.22. The Labute approximate surface area is 111 Å². The third kappa shape index (κ3) is 5.08. The fourth-order valence-electron chi connectivity index (χ4n) is 1.28. The highest BCUT2D eigenvalue weighted by Gasteiger charge is 2.24. The van der Waals surface area contributed by atoms with Gasteiger partial charge in [-0.15, -0.1) is 0 Å². The quantitative estimate of drug-likeness (QED) is 0.367. The van der Waals surface area contributed by atoms with E-state index >= 15 is 0 Å². The van der Waals surface area contributed by atoms with Crippen LogP contribution in [0.3, 0.4) is 0 Å². The molecule has 0 bridgehead atoms. The molecule has 0 aromatic heterocycles. The van der Waals surface area contributed by atoms with Crippen LogP contribution in [-0.2, 0) is 9.09 Å².